The number of allylic oxidation sites excluding steroid dienone is 3. The van der Waals surface area contributed by atoms with Crippen molar-refractivity contribution < 1.29 is 22.9 Å². The molecule has 5 unspecified atom stereocenters. The molecule has 0 aromatic heterocycles. The molecule has 2 N–H and O–H groups in total. The predicted molar refractivity (Wildman–Crippen MR) is 152 cm³/mol. The van der Waals surface area contributed by atoms with E-state index in [2.05, 4.69) is 24.1 Å². The van der Waals surface area contributed by atoms with Gasteiger partial charge in [0.25, 0.3) is 0 Å². The molecule has 2 aliphatic heterocycles. The molecule has 0 aliphatic carbocycles. The Labute approximate surface area is 233 Å². The average Bonchev–Trinajstić information content (AvgIpc) is 3.33. The number of hydrogen-bond donors (Lipinski definition) is 2. The number of thioether (sulfide) groups is 1. The van der Waals surface area contributed by atoms with Gasteiger partial charge in [0, 0.05) is 30.3 Å². The van der Waals surface area contributed by atoms with Crippen LogP contribution in [0.25, 0.3) is 0 Å². The first-order valence-electron chi connectivity index (χ1n) is 13.3. The molecule has 6 nitrogen and oxygen atoms in total. The van der Waals surface area contributed by atoms with Gasteiger partial charge in [-0.3, -0.25) is 10.3 Å². The highest BCUT2D eigenvalue weighted by molar-refractivity contribution is 8.03. The van der Waals surface area contributed by atoms with Crippen LogP contribution in [0.5, 0.6) is 0 Å². The molecule has 2 heterocycles. The van der Waals surface area contributed by atoms with Crippen LogP contribution in [0.15, 0.2) is 58.1 Å². The zero-order valence-electron chi connectivity index (χ0n) is 23.2. The predicted octanol–water partition coefficient (Wildman–Crippen LogP) is 6.88. The molecule has 1 aromatic rings. The lowest BCUT2D eigenvalue weighted by Crippen LogP contribution is -2.43. The van der Waals surface area contributed by atoms with Gasteiger partial charge < -0.3 is 10.3 Å². The fourth-order valence-electron chi connectivity index (χ4n) is 4.74. The summed E-state index contributed by atoms with van der Waals surface area (Å²) in [4.78, 5) is 17.1. The van der Waals surface area contributed by atoms with E-state index in [-0.39, 0.29) is 36.1 Å². The fourth-order valence-corrected chi connectivity index (χ4v) is 5.84. The molecule has 5 atom stereocenters. The molecule has 1 fully saturated rings. The lowest BCUT2D eigenvalue weighted by Gasteiger charge is -2.37. The Bertz CT molecular complexity index is 1120. The molecular weight excluding hydrogens is 525 g/mol. The van der Waals surface area contributed by atoms with E-state index in [9.17, 15) is 13.2 Å². The van der Waals surface area contributed by atoms with Gasteiger partial charge in [0.15, 0.2) is 11.6 Å². The number of halogens is 3. The first-order chi connectivity index (χ1) is 18.7. The fraction of sp³-hybridized carbons (Fsp3) is 0.517. The van der Waals surface area contributed by atoms with Gasteiger partial charge in [-0.05, 0) is 55.4 Å². The summed E-state index contributed by atoms with van der Waals surface area (Å²) in [5.74, 6) is -0.792. The van der Waals surface area contributed by atoms with E-state index in [0.717, 1.165) is 30.1 Å². The Kier molecular flexibility index (Phi) is 11.8. The zero-order chi connectivity index (χ0) is 28.5. The van der Waals surface area contributed by atoms with Crippen molar-refractivity contribution >= 4 is 23.3 Å². The van der Waals surface area contributed by atoms with Crippen LogP contribution in [0, 0.1) is 23.0 Å². The Morgan fingerprint density at radius 3 is 2.72 bits per heavy atom. The molecule has 39 heavy (non-hydrogen) atoms. The summed E-state index contributed by atoms with van der Waals surface area (Å²) in [6, 6.07) is 3.04. The average molecular weight is 565 g/mol. The molecule has 214 valence electrons. The number of amidine groups is 1. The molecule has 0 saturated carbocycles. The Balaban J connectivity index is 2.17. The van der Waals surface area contributed by atoms with Crippen molar-refractivity contribution in [2.24, 2.45) is 10.9 Å². The summed E-state index contributed by atoms with van der Waals surface area (Å²) in [6.07, 6.45) is 5.83. The minimum absolute atomic E-state index is 0.00151. The maximum atomic E-state index is 14.5. The van der Waals surface area contributed by atoms with Crippen molar-refractivity contribution in [2.45, 2.75) is 70.5 Å². The van der Waals surface area contributed by atoms with Crippen LogP contribution in [-0.2, 0) is 9.78 Å². The molecule has 0 spiro atoms. The number of benzene rings is 1. The smallest absolute Gasteiger partial charge is 0.159 e. The van der Waals surface area contributed by atoms with Crippen LogP contribution in [0.4, 0.5) is 13.2 Å². The molecule has 0 radical (unpaired) electrons. The van der Waals surface area contributed by atoms with Crippen molar-refractivity contribution in [3.63, 3.8) is 0 Å². The van der Waals surface area contributed by atoms with Gasteiger partial charge in [-0.1, -0.05) is 38.5 Å². The maximum Gasteiger partial charge on any atom is 0.159 e. The van der Waals surface area contributed by atoms with Gasteiger partial charge >= 0.3 is 0 Å². The van der Waals surface area contributed by atoms with Gasteiger partial charge in [-0.2, -0.15) is 0 Å². The van der Waals surface area contributed by atoms with E-state index in [1.54, 1.807) is 23.9 Å². The number of alkyl halides is 1. The standard InChI is InChI=1S/C29H39F3N4O2S/c1-6-13-39-28(18(3)7-2)29-35-27(20-11-12-22(31)23(32)14-20)26(24(33)10-8-9-19(4)30)25-15-21(16-36(25)29)34-17-38-37-5/h6,8,10-14,18-19,21,27-28,33-34H,7,9,15-17H2,1-5H3/b10-8-,13-6-,33-24?. The summed E-state index contributed by atoms with van der Waals surface area (Å²) >= 11 is 1.68. The quantitative estimate of drug-likeness (QED) is 0.0848. The molecular formula is C29H39F3N4O2S. The first kappa shape index (κ1) is 31.1. The normalized spacial score (nSPS) is 21.9. The highest BCUT2D eigenvalue weighted by Gasteiger charge is 2.42. The van der Waals surface area contributed by atoms with Gasteiger partial charge in [0.1, 0.15) is 24.8 Å². The number of fused-ring (bicyclic) bond motifs is 1. The van der Waals surface area contributed by atoms with Crippen LogP contribution in [0.2, 0.25) is 0 Å². The number of nitrogens with one attached hydrogen (secondary N) is 2. The maximum absolute atomic E-state index is 14.5. The van der Waals surface area contributed by atoms with Crippen LogP contribution >= 0.6 is 11.8 Å². The summed E-state index contributed by atoms with van der Waals surface area (Å²) in [7, 11) is 1.44. The van der Waals surface area contributed by atoms with Gasteiger partial charge in [0.05, 0.1) is 18.1 Å². The van der Waals surface area contributed by atoms with Gasteiger partial charge in [-0.15, -0.1) is 11.8 Å². The van der Waals surface area contributed by atoms with E-state index in [0.29, 0.717) is 24.1 Å². The van der Waals surface area contributed by atoms with E-state index in [1.807, 2.05) is 18.4 Å². The minimum atomic E-state index is -1.04. The second-order valence-corrected chi connectivity index (χ2v) is 10.9. The molecule has 3 rings (SSSR count). The molecule has 0 bridgehead atoms. The Morgan fingerprint density at radius 1 is 1.31 bits per heavy atom. The van der Waals surface area contributed by atoms with Crippen molar-refractivity contribution in [2.75, 3.05) is 20.4 Å². The Morgan fingerprint density at radius 2 is 2.08 bits per heavy atom. The molecule has 1 aromatic carbocycles. The largest absolute Gasteiger partial charge is 0.331 e. The topological polar surface area (TPSA) is 69.9 Å². The number of rotatable bonds is 14. The van der Waals surface area contributed by atoms with E-state index in [1.165, 1.54) is 20.1 Å². The van der Waals surface area contributed by atoms with Crippen LogP contribution in [0.1, 0.15) is 58.6 Å². The summed E-state index contributed by atoms with van der Waals surface area (Å²) < 4.78 is 41.9. The van der Waals surface area contributed by atoms with Crippen LogP contribution in [-0.4, -0.2) is 54.3 Å². The first-order valence-corrected chi connectivity index (χ1v) is 14.2. The molecule has 2 aliphatic rings. The third-order valence-corrected chi connectivity index (χ3v) is 8.31. The van der Waals surface area contributed by atoms with Crippen molar-refractivity contribution in [3.05, 3.63) is 70.3 Å². The monoisotopic (exact) mass is 564 g/mol. The third-order valence-electron chi connectivity index (χ3n) is 6.91. The lowest BCUT2D eigenvalue weighted by molar-refractivity contribution is -0.277. The van der Waals surface area contributed by atoms with Gasteiger partial charge in [-0.25, -0.2) is 22.9 Å². The van der Waals surface area contributed by atoms with Crippen LogP contribution < -0.4 is 5.32 Å². The van der Waals surface area contributed by atoms with E-state index in [4.69, 9.17) is 20.2 Å². The highest BCUT2D eigenvalue weighted by atomic mass is 32.2. The van der Waals surface area contributed by atoms with Gasteiger partial charge in [0.2, 0.25) is 0 Å². The van der Waals surface area contributed by atoms with E-state index >= 15 is 0 Å². The number of hydrogen-bond acceptors (Lipinski definition) is 7. The number of aliphatic imine (C=N–C) groups is 1. The second-order valence-electron chi connectivity index (χ2n) is 9.81. The molecule has 1 saturated heterocycles. The zero-order valence-corrected chi connectivity index (χ0v) is 24.0. The van der Waals surface area contributed by atoms with Crippen molar-refractivity contribution in [1.82, 2.24) is 10.2 Å². The number of nitrogens with zero attached hydrogens (tertiary/aromatic N) is 2. The van der Waals surface area contributed by atoms with Crippen molar-refractivity contribution in [1.29, 1.82) is 5.41 Å². The summed E-state index contributed by atoms with van der Waals surface area (Å²) in [5, 5.41) is 14.4. The third kappa shape index (κ3) is 7.84. The highest BCUT2D eigenvalue weighted by Crippen LogP contribution is 2.42. The Hall–Kier alpha value is -2.40. The lowest BCUT2D eigenvalue weighted by atomic mass is 9.89. The second kappa shape index (κ2) is 14.8. The molecule has 0 amide bonds. The molecule has 10 heteroatoms. The van der Waals surface area contributed by atoms with Crippen molar-refractivity contribution in [3.8, 4) is 0 Å². The van der Waals surface area contributed by atoms with E-state index < -0.39 is 23.8 Å². The summed E-state index contributed by atoms with van der Waals surface area (Å²) in [5.41, 5.74) is 2.12. The summed E-state index contributed by atoms with van der Waals surface area (Å²) in [6.45, 7) is 8.52. The minimum Gasteiger partial charge on any atom is -0.331 e. The van der Waals surface area contributed by atoms with Crippen LogP contribution in [0.3, 0.4) is 0 Å². The SMILES string of the molecule is C/C=C\SC(C1=NC(c2ccc(F)c(F)c2)C(C(=N)/C=C\CC(C)F)=C2CC(NCOOC)CN12)C(C)CC.